The Labute approximate surface area is 161 Å². The highest BCUT2D eigenvalue weighted by Gasteiger charge is 2.13. The van der Waals surface area contributed by atoms with Crippen LogP contribution in [0.15, 0.2) is 53.0 Å². The lowest BCUT2D eigenvalue weighted by Gasteiger charge is -2.08. The summed E-state index contributed by atoms with van der Waals surface area (Å²) in [5.41, 5.74) is 3.60. The Morgan fingerprint density at radius 2 is 1.65 bits per heavy atom. The Hall–Kier alpha value is -2.60. The standard InChI is InChI=1S/C20H20BrN3O2/c1-13-19(14(2)24(3)23-13)12-20(25)22-16-6-10-18(11-7-16)26-17-8-4-15(21)5-9-17/h4-11H,12H2,1-3H3,(H,22,25). The van der Waals surface area contributed by atoms with Crippen LogP contribution in [-0.2, 0) is 18.3 Å². The highest BCUT2D eigenvalue weighted by molar-refractivity contribution is 9.10. The molecule has 1 N–H and O–H groups in total. The van der Waals surface area contributed by atoms with Gasteiger partial charge in [0, 0.05) is 28.5 Å². The van der Waals surface area contributed by atoms with Crippen molar-refractivity contribution in [2.24, 2.45) is 7.05 Å². The second-order valence-corrected chi connectivity index (χ2v) is 6.99. The van der Waals surface area contributed by atoms with Crippen LogP contribution in [0.4, 0.5) is 5.69 Å². The molecule has 0 aliphatic rings. The molecule has 5 nitrogen and oxygen atoms in total. The number of amides is 1. The number of ether oxygens (including phenoxy) is 1. The average Bonchev–Trinajstić information content (AvgIpc) is 2.85. The second-order valence-electron chi connectivity index (χ2n) is 6.08. The molecule has 6 heteroatoms. The van der Waals surface area contributed by atoms with Gasteiger partial charge in [-0.1, -0.05) is 15.9 Å². The first-order valence-corrected chi connectivity index (χ1v) is 9.04. The van der Waals surface area contributed by atoms with Crippen molar-refractivity contribution in [3.05, 3.63) is 70.0 Å². The van der Waals surface area contributed by atoms with E-state index in [-0.39, 0.29) is 5.91 Å². The van der Waals surface area contributed by atoms with Crippen LogP contribution in [0.2, 0.25) is 0 Å². The average molecular weight is 414 g/mol. The number of carbonyl (C=O) groups excluding carboxylic acids is 1. The van der Waals surface area contributed by atoms with E-state index in [0.29, 0.717) is 12.2 Å². The van der Waals surface area contributed by atoms with Gasteiger partial charge in [0.25, 0.3) is 0 Å². The summed E-state index contributed by atoms with van der Waals surface area (Å²) in [6.07, 6.45) is 0.308. The quantitative estimate of drug-likeness (QED) is 0.654. The number of benzene rings is 2. The molecule has 0 radical (unpaired) electrons. The van der Waals surface area contributed by atoms with Gasteiger partial charge in [0.15, 0.2) is 0 Å². The molecule has 0 saturated carbocycles. The lowest BCUT2D eigenvalue weighted by atomic mass is 10.1. The number of rotatable bonds is 5. The predicted octanol–water partition coefficient (Wildman–Crippen LogP) is 4.77. The van der Waals surface area contributed by atoms with Crippen LogP contribution in [0.3, 0.4) is 0 Å². The molecule has 2 aromatic carbocycles. The molecule has 0 spiro atoms. The van der Waals surface area contributed by atoms with E-state index in [2.05, 4.69) is 26.3 Å². The topological polar surface area (TPSA) is 56.2 Å². The molecule has 26 heavy (non-hydrogen) atoms. The largest absolute Gasteiger partial charge is 0.457 e. The van der Waals surface area contributed by atoms with Gasteiger partial charge in [-0.3, -0.25) is 9.48 Å². The molecule has 1 aromatic heterocycles. The minimum Gasteiger partial charge on any atom is -0.457 e. The Kier molecular flexibility index (Phi) is 5.42. The van der Waals surface area contributed by atoms with Gasteiger partial charge in [-0.15, -0.1) is 0 Å². The number of nitrogens with one attached hydrogen (secondary N) is 1. The molecule has 1 amide bonds. The number of anilines is 1. The molecule has 0 aliphatic carbocycles. The summed E-state index contributed by atoms with van der Waals surface area (Å²) in [5, 5.41) is 7.26. The fraction of sp³-hybridized carbons (Fsp3) is 0.200. The van der Waals surface area contributed by atoms with Crippen molar-refractivity contribution in [2.45, 2.75) is 20.3 Å². The summed E-state index contributed by atoms with van der Waals surface area (Å²) >= 11 is 3.40. The highest BCUT2D eigenvalue weighted by atomic mass is 79.9. The van der Waals surface area contributed by atoms with Crippen molar-refractivity contribution < 1.29 is 9.53 Å². The van der Waals surface area contributed by atoms with Crippen LogP contribution in [0.5, 0.6) is 11.5 Å². The molecule has 0 saturated heterocycles. The highest BCUT2D eigenvalue weighted by Crippen LogP contribution is 2.24. The monoisotopic (exact) mass is 413 g/mol. The fourth-order valence-electron chi connectivity index (χ4n) is 2.68. The number of hydrogen-bond donors (Lipinski definition) is 1. The third kappa shape index (κ3) is 4.32. The van der Waals surface area contributed by atoms with Crippen LogP contribution in [0.25, 0.3) is 0 Å². The lowest BCUT2D eigenvalue weighted by Crippen LogP contribution is -2.15. The molecule has 0 atom stereocenters. The third-order valence-electron chi connectivity index (χ3n) is 4.18. The SMILES string of the molecule is Cc1nn(C)c(C)c1CC(=O)Nc1ccc(Oc2ccc(Br)cc2)cc1. The maximum absolute atomic E-state index is 12.3. The molecule has 3 aromatic rings. The van der Waals surface area contributed by atoms with Gasteiger partial charge in [-0.05, 0) is 62.4 Å². The summed E-state index contributed by atoms with van der Waals surface area (Å²) < 4.78 is 8.58. The zero-order valence-corrected chi connectivity index (χ0v) is 16.5. The van der Waals surface area contributed by atoms with Gasteiger partial charge in [-0.25, -0.2) is 0 Å². The van der Waals surface area contributed by atoms with Crippen molar-refractivity contribution in [2.75, 3.05) is 5.32 Å². The van der Waals surface area contributed by atoms with E-state index in [1.165, 1.54) is 0 Å². The summed E-state index contributed by atoms with van der Waals surface area (Å²) in [4.78, 5) is 12.3. The molecule has 134 valence electrons. The number of nitrogens with zero attached hydrogens (tertiary/aromatic N) is 2. The minimum atomic E-state index is -0.0641. The van der Waals surface area contributed by atoms with E-state index in [1.807, 2.05) is 69.4 Å². The molecule has 0 bridgehead atoms. The summed E-state index contributed by atoms with van der Waals surface area (Å²) in [5.74, 6) is 1.41. The molecule has 0 fully saturated rings. The van der Waals surface area contributed by atoms with Crippen molar-refractivity contribution >= 4 is 27.5 Å². The van der Waals surface area contributed by atoms with Crippen molar-refractivity contribution in [1.29, 1.82) is 0 Å². The lowest BCUT2D eigenvalue weighted by molar-refractivity contribution is -0.115. The molecule has 1 heterocycles. The first-order chi connectivity index (χ1) is 12.4. The van der Waals surface area contributed by atoms with Gasteiger partial charge >= 0.3 is 0 Å². The number of carbonyl (C=O) groups is 1. The summed E-state index contributed by atoms with van der Waals surface area (Å²) in [6, 6.07) is 14.9. The van der Waals surface area contributed by atoms with Crippen molar-refractivity contribution in [3.63, 3.8) is 0 Å². The number of halogens is 1. The normalized spacial score (nSPS) is 10.6. The molecule has 3 rings (SSSR count). The first kappa shape index (κ1) is 18.2. The van der Waals surface area contributed by atoms with Gasteiger partial charge < -0.3 is 10.1 Å². The predicted molar refractivity (Wildman–Crippen MR) is 106 cm³/mol. The number of hydrogen-bond acceptors (Lipinski definition) is 3. The van der Waals surface area contributed by atoms with E-state index in [4.69, 9.17) is 4.74 Å². The van der Waals surface area contributed by atoms with E-state index < -0.39 is 0 Å². The van der Waals surface area contributed by atoms with Crippen LogP contribution in [0.1, 0.15) is 17.0 Å². The maximum atomic E-state index is 12.3. The zero-order valence-electron chi connectivity index (χ0n) is 14.9. The van der Waals surface area contributed by atoms with Crippen molar-refractivity contribution in [1.82, 2.24) is 9.78 Å². The molecular formula is C20H20BrN3O2. The smallest absolute Gasteiger partial charge is 0.228 e. The van der Waals surface area contributed by atoms with Gasteiger partial charge in [0.05, 0.1) is 12.1 Å². The Balaban J connectivity index is 1.61. The van der Waals surface area contributed by atoms with Gasteiger partial charge in [0.2, 0.25) is 5.91 Å². The third-order valence-corrected chi connectivity index (χ3v) is 4.71. The molecule has 0 aliphatic heterocycles. The maximum Gasteiger partial charge on any atom is 0.228 e. The van der Waals surface area contributed by atoms with Gasteiger partial charge in [-0.2, -0.15) is 5.10 Å². The van der Waals surface area contributed by atoms with Crippen molar-refractivity contribution in [3.8, 4) is 11.5 Å². The summed E-state index contributed by atoms with van der Waals surface area (Å²) in [7, 11) is 1.88. The molecule has 0 unspecified atom stereocenters. The first-order valence-electron chi connectivity index (χ1n) is 8.25. The Morgan fingerprint density at radius 1 is 1.08 bits per heavy atom. The summed E-state index contributed by atoms with van der Waals surface area (Å²) in [6.45, 7) is 3.89. The van der Waals surface area contributed by atoms with Crippen LogP contribution in [0, 0.1) is 13.8 Å². The molecular weight excluding hydrogens is 394 g/mol. The van der Waals surface area contributed by atoms with Crippen LogP contribution < -0.4 is 10.1 Å². The minimum absolute atomic E-state index is 0.0641. The fourth-order valence-corrected chi connectivity index (χ4v) is 2.95. The Bertz CT molecular complexity index is 915. The zero-order chi connectivity index (χ0) is 18.7. The van der Waals surface area contributed by atoms with E-state index in [9.17, 15) is 4.79 Å². The van der Waals surface area contributed by atoms with Crippen LogP contribution >= 0.6 is 15.9 Å². The van der Waals surface area contributed by atoms with E-state index in [1.54, 1.807) is 4.68 Å². The second kappa shape index (κ2) is 7.74. The van der Waals surface area contributed by atoms with E-state index in [0.717, 1.165) is 32.9 Å². The number of aromatic nitrogens is 2. The Morgan fingerprint density at radius 3 is 2.19 bits per heavy atom. The van der Waals surface area contributed by atoms with Gasteiger partial charge in [0.1, 0.15) is 11.5 Å². The van der Waals surface area contributed by atoms with Crippen LogP contribution in [-0.4, -0.2) is 15.7 Å². The van der Waals surface area contributed by atoms with E-state index >= 15 is 0 Å². The number of aryl methyl sites for hydroxylation is 2.